The van der Waals surface area contributed by atoms with Crippen LogP contribution in [-0.4, -0.2) is 100 Å². The predicted octanol–water partition coefficient (Wildman–Crippen LogP) is 12.5. The molecular weight excluding hydrogens is 940 g/mol. The van der Waals surface area contributed by atoms with Gasteiger partial charge in [0.1, 0.15) is 17.8 Å². The number of rotatable bonds is 44. The smallest absolute Gasteiger partial charge is 0.472 e. The standard InChI is InChI=1S/C52H97N2O16P/c1-41(53-49(61)69-51(3,4)5)36-47(59)65-39-44(68-48(60)37-42(2)54-50(62)70-52(6,7)8)40-67-71(63,64)66-38-43(33-29-25-21-17-13-11-15-19-23-27-31-35-46(57)58)32-28-24-20-16-12-9-10-14-18-22-26-30-34-45(55)56/h41-44H,9-40H2,1-8H3,(H,53,61)(H,54,62)(H,55,56)(H,57,58)(H,63,64)/t41-,42-,43+,44?/m0/s1. The van der Waals surface area contributed by atoms with Gasteiger partial charge in [0.15, 0.2) is 6.10 Å². The number of carbonyl (C=O) groups excluding carboxylic acids is 4. The maximum absolute atomic E-state index is 13.3. The van der Waals surface area contributed by atoms with E-state index in [0.29, 0.717) is 0 Å². The van der Waals surface area contributed by atoms with Gasteiger partial charge in [0.25, 0.3) is 0 Å². The number of hydrogen-bond acceptors (Lipinski definition) is 13. The number of carbonyl (C=O) groups is 6. The molecule has 0 radical (unpaired) electrons. The second-order valence-electron chi connectivity index (χ2n) is 21.2. The summed E-state index contributed by atoms with van der Waals surface area (Å²) >= 11 is 0. The van der Waals surface area contributed by atoms with Crippen LogP contribution in [0.4, 0.5) is 9.59 Å². The lowest BCUT2D eigenvalue weighted by molar-refractivity contribution is -0.161. The third-order valence-electron chi connectivity index (χ3n) is 11.4. The van der Waals surface area contributed by atoms with Gasteiger partial charge in [-0.1, -0.05) is 135 Å². The molecule has 0 aromatic rings. The fraction of sp³-hybridized carbons (Fsp3) is 0.885. The molecule has 416 valence electrons. The number of aliphatic carboxylic acids is 2. The fourth-order valence-electron chi connectivity index (χ4n) is 7.72. The van der Waals surface area contributed by atoms with Crippen LogP contribution < -0.4 is 10.6 Å². The predicted molar refractivity (Wildman–Crippen MR) is 273 cm³/mol. The highest BCUT2D eigenvalue weighted by molar-refractivity contribution is 7.47. The summed E-state index contributed by atoms with van der Waals surface area (Å²) in [7, 11) is -4.68. The maximum Gasteiger partial charge on any atom is 0.472 e. The van der Waals surface area contributed by atoms with E-state index in [0.717, 1.165) is 135 Å². The molecule has 2 amide bonds. The number of phosphoric acid groups is 1. The van der Waals surface area contributed by atoms with Crippen molar-refractivity contribution in [2.45, 2.75) is 271 Å². The minimum absolute atomic E-state index is 0.00756. The van der Waals surface area contributed by atoms with Crippen molar-refractivity contribution in [1.82, 2.24) is 10.6 Å². The van der Waals surface area contributed by atoms with Gasteiger partial charge in [-0.05, 0) is 87.0 Å². The first-order valence-electron chi connectivity index (χ1n) is 26.8. The number of esters is 2. The van der Waals surface area contributed by atoms with Crippen molar-refractivity contribution in [2.75, 3.05) is 19.8 Å². The lowest BCUT2D eigenvalue weighted by atomic mass is 9.94. The average molecular weight is 1040 g/mol. The van der Waals surface area contributed by atoms with Crippen LogP contribution in [0.25, 0.3) is 0 Å². The number of ether oxygens (including phenoxy) is 4. The maximum atomic E-state index is 13.3. The van der Waals surface area contributed by atoms with Crippen LogP contribution in [0.15, 0.2) is 0 Å². The van der Waals surface area contributed by atoms with E-state index in [1.165, 1.54) is 25.7 Å². The Labute approximate surface area is 426 Å². The SMILES string of the molecule is C[C@@H](CC(=O)OCC(COP(=O)(O)OC[C@H](CCCCCCCCCCCCCCC(=O)O)CCCCCCCCCCCCCC(=O)O)OC(=O)C[C@H](C)NC(=O)OC(C)(C)C)NC(=O)OC(C)(C)C. The molecule has 0 fully saturated rings. The minimum atomic E-state index is -4.68. The quantitative estimate of drug-likeness (QED) is 0.0164. The van der Waals surface area contributed by atoms with E-state index >= 15 is 0 Å². The molecular formula is C52H97N2O16P. The summed E-state index contributed by atoms with van der Waals surface area (Å²) in [4.78, 5) is 82.5. The average Bonchev–Trinajstić information content (AvgIpc) is 3.23. The molecule has 5 atom stereocenters. The molecule has 18 nitrogen and oxygen atoms in total. The van der Waals surface area contributed by atoms with Crippen molar-refractivity contribution >= 4 is 43.9 Å². The van der Waals surface area contributed by atoms with E-state index in [2.05, 4.69) is 10.6 Å². The Bertz CT molecular complexity index is 1520. The van der Waals surface area contributed by atoms with Crippen molar-refractivity contribution < 1.29 is 76.4 Å². The Morgan fingerprint density at radius 1 is 0.479 bits per heavy atom. The molecule has 0 aliphatic carbocycles. The van der Waals surface area contributed by atoms with E-state index < -0.39 is 86.5 Å². The molecule has 0 rings (SSSR count). The first kappa shape index (κ1) is 67.5. The first-order chi connectivity index (χ1) is 33.4. The van der Waals surface area contributed by atoms with Gasteiger partial charge in [0.05, 0.1) is 26.1 Å². The van der Waals surface area contributed by atoms with Gasteiger partial charge in [-0.2, -0.15) is 0 Å². The number of carboxylic acids is 2. The number of carboxylic acid groups (broad SMARTS) is 2. The normalized spacial score (nSPS) is 14.3. The Morgan fingerprint density at radius 3 is 1.15 bits per heavy atom. The first-order valence-corrected chi connectivity index (χ1v) is 28.2. The van der Waals surface area contributed by atoms with Crippen molar-refractivity contribution in [2.24, 2.45) is 5.92 Å². The zero-order valence-corrected chi connectivity index (χ0v) is 45.9. The summed E-state index contributed by atoms with van der Waals surface area (Å²) in [6.07, 6.45) is 23.3. The van der Waals surface area contributed by atoms with Crippen molar-refractivity contribution in [3.63, 3.8) is 0 Å². The zero-order valence-electron chi connectivity index (χ0n) is 45.0. The van der Waals surface area contributed by atoms with Crippen molar-refractivity contribution in [3.05, 3.63) is 0 Å². The summed E-state index contributed by atoms with van der Waals surface area (Å²) < 4.78 is 45.6. The van der Waals surface area contributed by atoms with Gasteiger partial charge < -0.3 is 44.7 Å². The molecule has 2 unspecified atom stereocenters. The molecule has 0 aliphatic rings. The third-order valence-corrected chi connectivity index (χ3v) is 12.3. The second kappa shape index (κ2) is 40.0. The Morgan fingerprint density at radius 2 is 0.803 bits per heavy atom. The topological polar surface area (TPSA) is 260 Å². The number of hydrogen-bond donors (Lipinski definition) is 5. The van der Waals surface area contributed by atoms with E-state index in [4.69, 9.17) is 38.2 Å². The molecule has 0 aromatic heterocycles. The molecule has 0 saturated carbocycles. The molecule has 0 aromatic carbocycles. The zero-order chi connectivity index (χ0) is 53.6. The van der Waals surface area contributed by atoms with E-state index in [1.54, 1.807) is 55.4 Å². The van der Waals surface area contributed by atoms with Gasteiger partial charge in [-0.25, -0.2) is 14.2 Å². The molecule has 71 heavy (non-hydrogen) atoms. The highest BCUT2D eigenvalue weighted by atomic mass is 31.2. The van der Waals surface area contributed by atoms with Crippen LogP contribution in [-0.2, 0) is 51.7 Å². The number of alkyl carbamates (subject to hydrolysis) is 2. The molecule has 0 aliphatic heterocycles. The third kappa shape index (κ3) is 47.3. The van der Waals surface area contributed by atoms with E-state index in [-0.39, 0.29) is 38.2 Å². The molecule has 0 bridgehead atoms. The molecule has 0 spiro atoms. The lowest BCUT2D eigenvalue weighted by Gasteiger charge is -2.24. The monoisotopic (exact) mass is 1040 g/mol. The number of unbranched alkanes of at least 4 members (excludes halogenated alkanes) is 21. The van der Waals surface area contributed by atoms with Crippen LogP contribution in [0.5, 0.6) is 0 Å². The fourth-order valence-corrected chi connectivity index (χ4v) is 8.55. The van der Waals surface area contributed by atoms with Crippen LogP contribution in [0.2, 0.25) is 0 Å². The number of nitrogens with one attached hydrogen (secondary N) is 2. The number of amides is 2. The molecule has 0 saturated heterocycles. The van der Waals surface area contributed by atoms with Gasteiger partial charge >= 0.3 is 43.9 Å². The second-order valence-corrected chi connectivity index (χ2v) is 22.7. The lowest BCUT2D eigenvalue weighted by Crippen LogP contribution is -2.40. The summed E-state index contributed by atoms with van der Waals surface area (Å²) in [5, 5.41) is 22.7. The molecule has 19 heteroatoms. The van der Waals surface area contributed by atoms with Crippen LogP contribution in [0.1, 0.15) is 242 Å². The van der Waals surface area contributed by atoms with Crippen LogP contribution in [0.3, 0.4) is 0 Å². The van der Waals surface area contributed by atoms with Gasteiger partial charge in [0.2, 0.25) is 0 Å². The largest absolute Gasteiger partial charge is 0.481 e. The van der Waals surface area contributed by atoms with Gasteiger partial charge in [-0.3, -0.25) is 28.2 Å². The van der Waals surface area contributed by atoms with E-state index in [1.807, 2.05) is 0 Å². The van der Waals surface area contributed by atoms with E-state index in [9.17, 15) is 38.2 Å². The highest BCUT2D eigenvalue weighted by Crippen LogP contribution is 2.44. The summed E-state index contributed by atoms with van der Waals surface area (Å²) in [5.41, 5.74) is -1.51. The Kier molecular flexibility index (Phi) is 38.0. The minimum Gasteiger partial charge on any atom is -0.481 e. The number of phosphoric ester groups is 1. The molecule has 0 heterocycles. The Hall–Kier alpha value is -3.47. The van der Waals surface area contributed by atoms with Crippen LogP contribution in [0, 0.1) is 5.92 Å². The van der Waals surface area contributed by atoms with Gasteiger partial charge in [-0.15, -0.1) is 0 Å². The van der Waals surface area contributed by atoms with Gasteiger partial charge in [0, 0.05) is 24.9 Å². The molecule has 5 N–H and O–H groups in total. The summed E-state index contributed by atoms with van der Waals surface area (Å²) in [6.45, 7) is 12.2. The van der Waals surface area contributed by atoms with Crippen molar-refractivity contribution in [3.8, 4) is 0 Å². The summed E-state index contributed by atoms with van der Waals surface area (Å²) in [6, 6.07) is -1.38. The Balaban J connectivity index is 5.37. The highest BCUT2D eigenvalue weighted by Gasteiger charge is 2.29. The van der Waals surface area contributed by atoms with Crippen molar-refractivity contribution in [1.29, 1.82) is 0 Å². The summed E-state index contributed by atoms with van der Waals surface area (Å²) in [5.74, 6) is -3.01. The van der Waals surface area contributed by atoms with Crippen LogP contribution >= 0.6 is 7.82 Å².